The number of aryl methyl sites for hydroxylation is 1. The van der Waals surface area contributed by atoms with Crippen molar-refractivity contribution in [3.05, 3.63) is 52.5 Å². The van der Waals surface area contributed by atoms with Crippen LogP contribution in [0, 0.1) is 10.1 Å². The Morgan fingerprint density at radius 3 is 2.32 bits per heavy atom. The molecule has 1 atom stereocenters. The van der Waals surface area contributed by atoms with E-state index in [0.29, 0.717) is 25.0 Å². The van der Waals surface area contributed by atoms with E-state index in [9.17, 15) is 19.9 Å². The zero-order chi connectivity index (χ0) is 23.0. The molecule has 1 aromatic heterocycles. The monoisotopic (exact) mass is 452 g/mol. The summed E-state index contributed by atoms with van der Waals surface area (Å²) in [5, 5.41) is 23.2. The Balaban J connectivity index is 2.03. The van der Waals surface area contributed by atoms with Crippen molar-refractivity contribution in [2.75, 3.05) is 0 Å². The molecule has 170 valence electrons. The molecular weight excluding hydrogens is 423 g/mol. The molecule has 2 aromatic rings. The zero-order valence-corrected chi connectivity index (χ0v) is 19.3. The molecule has 2 heterocycles. The fourth-order valence-corrected chi connectivity index (χ4v) is 5.97. The van der Waals surface area contributed by atoms with E-state index in [2.05, 4.69) is 4.98 Å². The van der Waals surface area contributed by atoms with Gasteiger partial charge in [-0.3, -0.25) is 4.52 Å². The number of benzene rings is 1. The highest BCUT2D eigenvalue weighted by atomic mass is 31.2. The van der Waals surface area contributed by atoms with Gasteiger partial charge in [-0.2, -0.15) is 5.06 Å². The molecule has 0 saturated carbocycles. The molecule has 3 rings (SSSR count). The van der Waals surface area contributed by atoms with E-state index in [0.717, 1.165) is 10.5 Å². The van der Waals surface area contributed by atoms with E-state index < -0.39 is 35.7 Å². The second-order valence-corrected chi connectivity index (χ2v) is 10.7. The first-order valence-corrected chi connectivity index (χ1v) is 11.6. The summed E-state index contributed by atoms with van der Waals surface area (Å²) in [6.45, 7) is 9.23. The molecule has 31 heavy (non-hydrogen) atoms. The van der Waals surface area contributed by atoms with Crippen molar-refractivity contribution in [1.82, 2.24) is 14.4 Å². The third-order valence-electron chi connectivity index (χ3n) is 5.36. The summed E-state index contributed by atoms with van der Waals surface area (Å²) in [6.07, 6.45) is 1.63. The van der Waals surface area contributed by atoms with Gasteiger partial charge < -0.3 is 19.8 Å². The fourth-order valence-electron chi connectivity index (χ4n) is 4.11. The molecule has 1 saturated heterocycles. The summed E-state index contributed by atoms with van der Waals surface area (Å²) < 4.78 is 27.3. The molecule has 0 aliphatic carbocycles. The molecule has 0 amide bonds. The molecule has 1 unspecified atom stereocenters. The maximum absolute atomic E-state index is 14.2. The van der Waals surface area contributed by atoms with Gasteiger partial charge in [0.05, 0.1) is 6.10 Å². The number of hydrogen-bond donors (Lipinski definition) is 1. The van der Waals surface area contributed by atoms with E-state index in [4.69, 9.17) is 9.05 Å². The number of imidazole rings is 1. The van der Waals surface area contributed by atoms with Gasteiger partial charge >= 0.3 is 13.6 Å². The summed E-state index contributed by atoms with van der Waals surface area (Å²) >= 11 is 0. The number of rotatable bonds is 7. The van der Waals surface area contributed by atoms with Crippen molar-refractivity contribution >= 4 is 13.6 Å². The summed E-state index contributed by atoms with van der Waals surface area (Å²) in [5.41, 5.74) is -1.28. The number of piperidine rings is 1. The molecule has 0 bridgehead atoms. The summed E-state index contributed by atoms with van der Waals surface area (Å²) in [5.74, 6) is 0.106. The fraction of sp³-hybridized carbons (Fsp3) is 0.550. The lowest BCUT2D eigenvalue weighted by atomic mass is 9.80. The smallest absolute Gasteiger partial charge is 0.409 e. The molecule has 0 radical (unpaired) electrons. The van der Waals surface area contributed by atoms with Crippen LogP contribution in [0.3, 0.4) is 0 Å². The summed E-state index contributed by atoms with van der Waals surface area (Å²) in [7, 11) is -4.12. The minimum Gasteiger partial charge on any atom is -0.409 e. The first-order chi connectivity index (χ1) is 14.4. The first kappa shape index (κ1) is 23.4. The van der Waals surface area contributed by atoms with Crippen LogP contribution in [0.2, 0.25) is 0 Å². The molecule has 1 aliphatic heterocycles. The van der Waals surface area contributed by atoms with Gasteiger partial charge in [-0.25, -0.2) is 8.90 Å². The third-order valence-corrected chi connectivity index (χ3v) is 7.24. The first-order valence-electron chi connectivity index (χ1n) is 10.1. The van der Waals surface area contributed by atoms with Crippen molar-refractivity contribution in [3.8, 4) is 5.75 Å². The average Bonchev–Trinajstić information content (AvgIpc) is 3.12. The molecule has 1 aliphatic rings. The molecule has 0 spiro atoms. The Hall–Kier alpha value is -2.26. The van der Waals surface area contributed by atoms with Crippen LogP contribution in [0.25, 0.3) is 0 Å². The highest BCUT2D eigenvalue weighted by Gasteiger charge is 2.49. The van der Waals surface area contributed by atoms with Crippen molar-refractivity contribution in [1.29, 1.82) is 0 Å². The Kier molecular flexibility index (Phi) is 6.30. The maximum atomic E-state index is 14.2. The number of hydroxylamine groups is 2. The van der Waals surface area contributed by atoms with Gasteiger partial charge in [0.15, 0.2) is 0 Å². The van der Waals surface area contributed by atoms with Crippen molar-refractivity contribution in [3.63, 3.8) is 0 Å². The number of nitrogens with zero attached hydrogens (tertiary/aromatic N) is 4. The molecular formula is C20H29N4O6P. The maximum Gasteiger partial charge on any atom is 0.496 e. The molecule has 1 aromatic carbocycles. The van der Waals surface area contributed by atoms with Crippen LogP contribution in [-0.2, 0) is 15.5 Å². The lowest BCUT2D eigenvalue weighted by molar-refractivity contribution is -0.389. The van der Waals surface area contributed by atoms with Gasteiger partial charge in [-0.05, 0) is 62.6 Å². The SMILES string of the molecule is CCc1nc([N+](=O)[O-])cn1P(=O)(Oc1ccccc1)OC1CC(C)(C)N(O)C(C)(C)C1. The van der Waals surface area contributed by atoms with Crippen LogP contribution in [0.1, 0.15) is 53.3 Å². The van der Waals surface area contributed by atoms with Crippen LogP contribution in [0.4, 0.5) is 5.82 Å². The normalized spacial score (nSPS) is 20.8. The predicted molar refractivity (Wildman–Crippen MR) is 114 cm³/mol. The second-order valence-electron chi connectivity index (χ2n) is 8.92. The lowest BCUT2D eigenvalue weighted by Crippen LogP contribution is -2.60. The molecule has 1 fully saturated rings. The number of hydrogen-bond acceptors (Lipinski definition) is 8. The number of para-hydroxylation sites is 1. The van der Waals surface area contributed by atoms with E-state index in [1.807, 2.05) is 27.7 Å². The Morgan fingerprint density at radius 2 is 1.81 bits per heavy atom. The van der Waals surface area contributed by atoms with E-state index in [1.165, 1.54) is 5.06 Å². The number of aromatic nitrogens is 2. The van der Waals surface area contributed by atoms with Crippen LogP contribution >= 0.6 is 7.75 Å². The quantitative estimate of drug-likeness (QED) is 0.361. The minimum absolute atomic E-state index is 0.226. The topological polar surface area (TPSA) is 120 Å². The second kappa shape index (κ2) is 8.35. The third kappa shape index (κ3) is 4.82. The Morgan fingerprint density at radius 1 is 1.23 bits per heavy atom. The predicted octanol–water partition coefficient (Wildman–Crippen LogP) is 4.82. The van der Waals surface area contributed by atoms with Crippen molar-refractivity contribution < 1.29 is 23.7 Å². The summed E-state index contributed by atoms with van der Waals surface area (Å²) in [4.78, 5) is 14.6. The van der Waals surface area contributed by atoms with Gasteiger partial charge in [-0.1, -0.05) is 25.1 Å². The van der Waals surface area contributed by atoms with E-state index in [1.54, 1.807) is 37.3 Å². The number of nitro groups is 1. The largest absolute Gasteiger partial charge is 0.496 e. The van der Waals surface area contributed by atoms with E-state index in [-0.39, 0.29) is 5.82 Å². The van der Waals surface area contributed by atoms with Crippen molar-refractivity contribution in [2.45, 2.75) is 71.1 Å². The Labute approximate surface area is 181 Å². The zero-order valence-electron chi connectivity index (χ0n) is 18.4. The molecule has 1 N–H and O–H groups in total. The van der Waals surface area contributed by atoms with Gasteiger partial charge in [0.1, 0.15) is 11.9 Å². The van der Waals surface area contributed by atoms with E-state index >= 15 is 0 Å². The van der Waals surface area contributed by atoms with Crippen LogP contribution in [0.5, 0.6) is 5.75 Å². The van der Waals surface area contributed by atoms with Crippen LogP contribution in [-0.4, -0.2) is 41.7 Å². The van der Waals surface area contributed by atoms with Crippen LogP contribution < -0.4 is 4.52 Å². The van der Waals surface area contributed by atoms with Gasteiger partial charge in [0.2, 0.25) is 5.82 Å². The summed E-state index contributed by atoms with van der Waals surface area (Å²) in [6, 6.07) is 8.52. The minimum atomic E-state index is -4.12. The van der Waals surface area contributed by atoms with Crippen molar-refractivity contribution in [2.24, 2.45) is 0 Å². The van der Waals surface area contributed by atoms with Gasteiger partial charge in [0.25, 0.3) is 0 Å². The average molecular weight is 452 g/mol. The highest BCUT2D eigenvalue weighted by Crippen LogP contribution is 2.54. The Bertz CT molecular complexity index is 973. The highest BCUT2D eigenvalue weighted by molar-refractivity contribution is 7.52. The lowest BCUT2D eigenvalue weighted by Gasteiger charge is -2.51. The van der Waals surface area contributed by atoms with Gasteiger partial charge in [-0.15, -0.1) is 0 Å². The molecule has 11 heteroatoms. The molecule has 10 nitrogen and oxygen atoms in total. The standard InChI is InChI=1S/C20H29N4O6P/c1-6-17-21-18(23(25)26)14-22(17)31(28,29-15-10-8-7-9-11-15)30-16-12-19(2,3)24(27)20(4,5)13-16/h7-11,14,16,27H,6,12-13H2,1-5H3. The van der Waals surface area contributed by atoms with Gasteiger partial charge in [0, 0.05) is 17.5 Å². The van der Waals surface area contributed by atoms with Crippen LogP contribution in [0.15, 0.2) is 36.5 Å².